The SMILES string of the molecule is COc1ccc(CNc2nc3cc(OC)c(F)cc3c3nc([C@H]4CN(c5cnn(CC(C)(C)O)c5C)CCO4)nn23)c(C)c1. The number of hydrogen-bond donors (Lipinski definition) is 2. The quantitative estimate of drug-likeness (QED) is 0.253. The molecule has 0 radical (unpaired) electrons. The first-order valence-corrected chi connectivity index (χ1v) is 14.5. The number of halogens is 1. The van der Waals surface area contributed by atoms with E-state index in [0.717, 1.165) is 28.3 Å². The summed E-state index contributed by atoms with van der Waals surface area (Å²) >= 11 is 0. The number of methoxy groups -OCH3 is 2. The molecule has 0 aliphatic carbocycles. The molecule has 0 bridgehead atoms. The van der Waals surface area contributed by atoms with E-state index in [-0.39, 0.29) is 5.75 Å². The van der Waals surface area contributed by atoms with Gasteiger partial charge in [0, 0.05) is 24.5 Å². The molecule has 2 N–H and O–H groups in total. The molecule has 1 atom stereocenters. The van der Waals surface area contributed by atoms with Crippen molar-refractivity contribution in [1.29, 1.82) is 0 Å². The monoisotopic (exact) mass is 604 g/mol. The molecule has 1 aliphatic rings. The molecule has 1 aliphatic heterocycles. The zero-order valence-electron chi connectivity index (χ0n) is 25.8. The van der Waals surface area contributed by atoms with Crippen LogP contribution in [0.25, 0.3) is 16.6 Å². The van der Waals surface area contributed by atoms with Crippen LogP contribution in [0.15, 0.2) is 36.5 Å². The molecular formula is C31H37FN8O4. The number of aromatic nitrogens is 6. The van der Waals surface area contributed by atoms with Gasteiger partial charge in [-0.15, -0.1) is 5.10 Å². The van der Waals surface area contributed by atoms with Crippen LogP contribution in [-0.4, -0.2) is 74.0 Å². The standard InChI is InChI=1S/C31H37FN8O4/c1-18-11-21(42-5)8-7-20(18)14-33-30-35-24-13-26(43-6)23(32)12-22(24)29-36-28(37-40(29)30)27-16-38(9-10-44-27)25-15-34-39(19(25)2)17-31(3,4)41/h7-8,11-13,15,27,41H,9-10,14,16-17H2,1-6H3,(H,33,35)/t27-/m1/s1. The first kappa shape index (κ1) is 29.6. The Morgan fingerprint density at radius 3 is 2.68 bits per heavy atom. The summed E-state index contributed by atoms with van der Waals surface area (Å²) in [5, 5.41) is 23.5. The van der Waals surface area contributed by atoms with Crippen LogP contribution in [0.5, 0.6) is 11.5 Å². The van der Waals surface area contributed by atoms with Crippen LogP contribution in [0.3, 0.4) is 0 Å². The number of anilines is 2. The maximum absolute atomic E-state index is 14.9. The number of morpholine rings is 1. The van der Waals surface area contributed by atoms with E-state index >= 15 is 0 Å². The molecule has 12 nitrogen and oxygen atoms in total. The number of nitrogens with zero attached hydrogens (tertiary/aromatic N) is 7. The van der Waals surface area contributed by atoms with Gasteiger partial charge in [0.05, 0.1) is 62.6 Å². The summed E-state index contributed by atoms with van der Waals surface area (Å²) in [5.41, 5.74) is 4.12. The van der Waals surface area contributed by atoms with Crippen molar-refractivity contribution < 1.29 is 23.7 Å². The van der Waals surface area contributed by atoms with Crippen molar-refractivity contribution in [1.82, 2.24) is 29.4 Å². The van der Waals surface area contributed by atoms with Gasteiger partial charge in [-0.3, -0.25) is 4.68 Å². The molecular weight excluding hydrogens is 567 g/mol. The Bertz CT molecular complexity index is 1830. The van der Waals surface area contributed by atoms with Crippen molar-refractivity contribution in [2.45, 2.75) is 52.5 Å². The molecule has 6 rings (SSSR count). The summed E-state index contributed by atoms with van der Waals surface area (Å²) in [7, 11) is 3.06. The number of nitrogens with one attached hydrogen (secondary N) is 1. The third-order valence-corrected chi connectivity index (χ3v) is 7.86. The van der Waals surface area contributed by atoms with Gasteiger partial charge < -0.3 is 29.5 Å². The number of hydrogen-bond acceptors (Lipinski definition) is 10. The number of benzene rings is 2. The van der Waals surface area contributed by atoms with Crippen molar-refractivity contribution in [2.75, 3.05) is 44.1 Å². The van der Waals surface area contributed by atoms with Crippen LogP contribution in [-0.2, 0) is 17.8 Å². The fourth-order valence-corrected chi connectivity index (χ4v) is 5.50. The minimum atomic E-state index is -0.889. The van der Waals surface area contributed by atoms with E-state index in [1.807, 2.05) is 42.9 Å². The summed E-state index contributed by atoms with van der Waals surface area (Å²) in [6, 6.07) is 8.83. The fraction of sp³-hybridized carbons (Fsp3) is 0.419. The van der Waals surface area contributed by atoms with E-state index in [4.69, 9.17) is 29.3 Å². The zero-order valence-corrected chi connectivity index (χ0v) is 25.8. The molecule has 0 unspecified atom stereocenters. The molecule has 1 saturated heterocycles. The highest BCUT2D eigenvalue weighted by molar-refractivity contribution is 5.93. The molecule has 1 fully saturated rings. The van der Waals surface area contributed by atoms with Gasteiger partial charge >= 0.3 is 0 Å². The molecule has 0 amide bonds. The molecule has 0 saturated carbocycles. The van der Waals surface area contributed by atoms with Gasteiger partial charge in [0.15, 0.2) is 23.0 Å². The van der Waals surface area contributed by atoms with Crippen LogP contribution in [0.4, 0.5) is 16.0 Å². The lowest BCUT2D eigenvalue weighted by atomic mass is 10.1. The van der Waals surface area contributed by atoms with Gasteiger partial charge in [-0.25, -0.2) is 14.4 Å². The third kappa shape index (κ3) is 5.72. The van der Waals surface area contributed by atoms with Crippen molar-refractivity contribution in [3.8, 4) is 11.5 Å². The molecule has 232 valence electrons. The lowest BCUT2D eigenvalue weighted by molar-refractivity contribution is 0.0341. The van der Waals surface area contributed by atoms with Gasteiger partial charge in [-0.2, -0.15) is 9.61 Å². The normalized spacial score (nSPS) is 15.7. The summed E-state index contributed by atoms with van der Waals surface area (Å²) in [6.45, 7) is 10.0. The number of ether oxygens (including phenoxy) is 3. The first-order chi connectivity index (χ1) is 21.0. The van der Waals surface area contributed by atoms with Crippen molar-refractivity contribution in [2.24, 2.45) is 0 Å². The average molecular weight is 605 g/mol. The molecule has 13 heteroatoms. The topological polar surface area (TPSA) is 124 Å². The number of aryl methyl sites for hydroxylation is 1. The fourth-order valence-electron chi connectivity index (χ4n) is 5.50. The van der Waals surface area contributed by atoms with Gasteiger partial charge in [-0.05, 0) is 57.0 Å². The second kappa shape index (κ2) is 11.5. The number of aliphatic hydroxyl groups is 1. The Labute approximate surface area is 254 Å². The Morgan fingerprint density at radius 2 is 1.95 bits per heavy atom. The smallest absolute Gasteiger partial charge is 0.226 e. The van der Waals surface area contributed by atoms with E-state index in [0.29, 0.717) is 61.1 Å². The summed E-state index contributed by atoms with van der Waals surface area (Å²) in [4.78, 5) is 11.8. The Morgan fingerprint density at radius 1 is 1.14 bits per heavy atom. The van der Waals surface area contributed by atoms with Crippen LogP contribution < -0.4 is 19.7 Å². The zero-order chi connectivity index (χ0) is 31.2. The summed E-state index contributed by atoms with van der Waals surface area (Å²) in [6.07, 6.45) is 1.37. The maximum Gasteiger partial charge on any atom is 0.226 e. The van der Waals surface area contributed by atoms with Crippen molar-refractivity contribution in [3.63, 3.8) is 0 Å². The van der Waals surface area contributed by atoms with Crippen molar-refractivity contribution in [3.05, 3.63) is 65.0 Å². The average Bonchev–Trinajstić information content (AvgIpc) is 3.60. The molecule has 4 heterocycles. The Balaban J connectivity index is 1.35. The predicted octanol–water partition coefficient (Wildman–Crippen LogP) is 4.21. The van der Waals surface area contributed by atoms with E-state index < -0.39 is 17.5 Å². The Kier molecular flexibility index (Phi) is 7.76. The first-order valence-electron chi connectivity index (χ1n) is 14.5. The van der Waals surface area contributed by atoms with Gasteiger partial charge in [0.2, 0.25) is 5.95 Å². The van der Waals surface area contributed by atoms with E-state index in [2.05, 4.69) is 15.3 Å². The maximum atomic E-state index is 14.9. The Hall–Kier alpha value is -4.49. The minimum absolute atomic E-state index is 0.0952. The minimum Gasteiger partial charge on any atom is -0.497 e. The number of rotatable bonds is 9. The predicted molar refractivity (Wildman–Crippen MR) is 164 cm³/mol. The second-order valence-corrected chi connectivity index (χ2v) is 11.7. The van der Waals surface area contributed by atoms with Gasteiger partial charge in [-0.1, -0.05) is 6.07 Å². The number of fused-ring (bicyclic) bond motifs is 3. The van der Waals surface area contributed by atoms with Gasteiger partial charge in [0.1, 0.15) is 11.9 Å². The van der Waals surface area contributed by atoms with Crippen LogP contribution >= 0.6 is 0 Å². The second-order valence-electron chi connectivity index (χ2n) is 11.7. The van der Waals surface area contributed by atoms with E-state index in [1.54, 1.807) is 31.5 Å². The molecule has 44 heavy (non-hydrogen) atoms. The van der Waals surface area contributed by atoms with Crippen LogP contribution in [0.2, 0.25) is 0 Å². The molecule has 5 aromatic rings. The largest absolute Gasteiger partial charge is 0.497 e. The van der Waals surface area contributed by atoms with Crippen LogP contribution in [0.1, 0.15) is 42.6 Å². The highest BCUT2D eigenvalue weighted by Gasteiger charge is 2.29. The lowest BCUT2D eigenvalue weighted by Gasteiger charge is -2.33. The third-order valence-electron chi connectivity index (χ3n) is 7.86. The van der Waals surface area contributed by atoms with Crippen molar-refractivity contribution >= 4 is 28.2 Å². The molecule has 2 aromatic carbocycles. The highest BCUT2D eigenvalue weighted by Crippen LogP contribution is 2.31. The molecule has 0 spiro atoms. The van der Waals surface area contributed by atoms with Gasteiger partial charge in [0.25, 0.3) is 0 Å². The summed E-state index contributed by atoms with van der Waals surface area (Å²) in [5.74, 6) is 1.28. The summed E-state index contributed by atoms with van der Waals surface area (Å²) < 4.78 is 35.0. The van der Waals surface area contributed by atoms with Crippen LogP contribution in [0, 0.1) is 19.7 Å². The highest BCUT2D eigenvalue weighted by atomic mass is 19.1. The van der Waals surface area contributed by atoms with E-state index in [1.165, 1.54) is 13.2 Å². The van der Waals surface area contributed by atoms with E-state index in [9.17, 15) is 9.50 Å². The molecule has 3 aromatic heterocycles. The lowest BCUT2D eigenvalue weighted by Crippen LogP contribution is -2.39.